The molecule has 1 aromatic carbocycles. The molecule has 17 heavy (non-hydrogen) atoms. The minimum absolute atomic E-state index is 0.331. The molecule has 3 heteroatoms. The van der Waals surface area contributed by atoms with Crippen LogP contribution in [0.15, 0.2) is 36.5 Å². The van der Waals surface area contributed by atoms with Crippen LogP contribution in [0.4, 0.5) is 0 Å². The number of hydrogen-bond donors (Lipinski definition) is 0. The van der Waals surface area contributed by atoms with Crippen molar-refractivity contribution in [2.45, 2.75) is 18.3 Å². The van der Waals surface area contributed by atoms with Crippen molar-refractivity contribution < 1.29 is 0 Å². The van der Waals surface area contributed by atoms with Gasteiger partial charge in [-0.05, 0) is 36.7 Å². The standard InChI is InChI=1S/C14H15ClN2/c15-13-5-7-17(10-13)9-11-3-4-14-12(8-11)2-1-6-16-14/h1-4,6,8,13H,5,7,9-10H2. The van der Waals surface area contributed by atoms with Crippen LogP contribution in [0.2, 0.25) is 0 Å². The molecule has 0 bridgehead atoms. The monoisotopic (exact) mass is 246 g/mol. The lowest BCUT2D eigenvalue weighted by Gasteiger charge is -2.15. The van der Waals surface area contributed by atoms with Gasteiger partial charge in [-0.2, -0.15) is 0 Å². The lowest BCUT2D eigenvalue weighted by atomic mass is 10.1. The Balaban J connectivity index is 1.81. The van der Waals surface area contributed by atoms with Crippen LogP contribution in [0.5, 0.6) is 0 Å². The topological polar surface area (TPSA) is 16.1 Å². The zero-order chi connectivity index (χ0) is 11.7. The highest BCUT2D eigenvalue weighted by molar-refractivity contribution is 6.20. The van der Waals surface area contributed by atoms with Crippen molar-refractivity contribution >= 4 is 22.5 Å². The second kappa shape index (κ2) is 4.63. The number of pyridine rings is 1. The number of likely N-dealkylation sites (tertiary alicyclic amines) is 1. The van der Waals surface area contributed by atoms with E-state index >= 15 is 0 Å². The summed E-state index contributed by atoms with van der Waals surface area (Å²) in [6.07, 6.45) is 2.94. The SMILES string of the molecule is ClC1CCN(Cc2ccc3ncccc3c2)C1. The predicted molar refractivity (Wildman–Crippen MR) is 71.3 cm³/mol. The summed E-state index contributed by atoms with van der Waals surface area (Å²) in [5, 5.41) is 1.55. The van der Waals surface area contributed by atoms with E-state index in [0.29, 0.717) is 5.38 Å². The highest BCUT2D eigenvalue weighted by Crippen LogP contribution is 2.19. The number of aromatic nitrogens is 1. The first-order valence-corrected chi connectivity index (χ1v) is 6.45. The van der Waals surface area contributed by atoms with Crippen molar-refractivity contribution in [2.75, 3.05) is 13.1 Å². The summed E-state index contributed by atoms with van der Waals surface area (Å²) in [7, 11) is 0. The molecule has 1 aliphatic heterocycles. The summed E-state index contributed by atoms with van der Waals surface area (Å²) in [5.41, 5.74) is 2.41. The van der Waals surface area contributed by atoms with Crippen molar-refractivity contribution in [3.05, 3.63) is 42.1 Å². The maximum absolute atomic E-state index is 6.12. The van der Waals surface area contributed by atoms with Gasteiger partial charge >= 0.3 is 0 Å². The number of hydrogen-bond acceptors (Lipinski definition) is 2. The summed E-state index contributed by atoms with van der Waals surface area (Å²) in [5.74, 6) is 0. The molecule has 1 saturated heterocycles. The Bertz CT molecular complexity index is 526. The first-order chi connectivity index (χ1) is 8.31. The lowest BCUT2D eigenvalue weighted by molar-refractivity contribution is 0.332. The van der Waals surface area contributed by atoms with Gasteiger partial charge < -0.3 is 0 Å². The van der Waals surface area contributed by atoms with Crippen LogP contribution in [0.25, 0.3) is 10.9 Å². The second-order valence-electron chi connectivity index (χ2n) is 4.65. The van der Waals surface area contributed by atoms with Crippen LogP contribution in [0.1, 0.15) is 12.0 Å². The third-order valence-electron chi connectivity index (χ3n) is 3.29. The van der Waals surface area contributed by atoms with Crippen molar-refractivity contribution in [2.24, 2.45) is 0 Å². The van der Waals surface area contributed by atoms with Crippen LogP contribution in [-0.4, -0.2) is 28.4 Å². The van der Waals surface area contributed by atoms with E-state index in [1.807, 2.05) is 12.3 Å². The molecule has 1 fully saturated rings. The molecule has 3 rings (SSSR count). The van der Waals surface area contributed by atoms with Gasteiger partial charge in [-0.1, -0.05) is 12.1 Å². The molecule has 2 aromatic rings. The Kier molecular flexibility index (Phi) is 3.00. The zero-order valence-corrected chi connectivity index (χ0v) is 10.4. The summed E-state index contributed by atoms with van der Waals surface area (Å²) >= 11 is 6.12. The third-order valence-corrected chi connectivity index (χ3v) is 3.64. The van der Waals surface area contributed by atoms with E-state index in [-0.39, 0.29) is 0 Å². The van der Waals surface area contributed by atoms with Crippen LogP contribution in [0.3, 0.4) is 0 Å². The molecule has 2 heterocycles. The van der Waals surface area contributed by atoms with Crippen molar-refractivity contribution in [3.8, 4) is 0 Å². The van der Waals surface area contributed by atoms with Gasteiger partial charge in [0.15, 0.2) is 0 Å². The van der Waals surface area contributed by atoms with Crippen LogP contribution >= 0.6 is 11.6 Å². The maximum atomic E-state index is 6.12. The normalized spacial score (nSPS) is 21.1. The van der Waals surface area contributed by atoms with Gasteiger partial charge in [-0.3, -0.25) is 9.88 Å². The fraction of sp³-hybridized carbons (Fsp3) is 0.357. The minimum atomic E-state index is 0.331. The summed E-state index contributed by atoms with van der Waals surface area (Å²) < 4.78 is 0. The van der Waals surface area contributed by atoms with Gasteiger partial charge in [0, 0.05) is 30.0 Å². The largest absolute Gasteiger partial charge is 0.298 e. The van der Waals surface area contributed by atoms with Gasteiger partial charge in [0.05, 0.1) is 5.52 Å². The number of alkyl halides is 1. The van der Waals surface area contributed by atoms with E-state index in [0.717, 1.165) is 31.6 Å². The highest BCUT2D eigenvalue weighted by atomic mass is 35.5. The van der Waals surface area contributed by atoms with E-state index < -0.39 is 0 Å². The predicted octanol–water partition coefficient (Wildman–Crippen LogP) is 3.05. The Morgan fingerprint density at radius 1 is 1.35 bits per heavy atom. The molecule has 1 atom stereocenters. The number of halogens is 1. The average molecular weight is 247 g/mol. The molecule has 0 aliphatic carbocycles. The van der Waals surface area contributed by atoms with E-state index in [2.05, 4.69) is 34.1 Å². The van der Waals surface area contributed by atoms with Gasteiger partial charge in [-0.15, -0.1) is 11.6 Å². The van der Waals surface area contributed by atoms with E-state index in [9.17, 15) is 0 Å². The molecule has 1 unspecified atom stereocenters. The summed E-state index contributed by atoms with van der Waals surface area (Å²) in [6, 6.07) is 10.6. The second-order valence-corrected chi connectivity index (χ2v) is 5.27. The van der Waals surface area contributed by atoms with Crippen LogP contribution in [0, 0.1) is 0 Å². The lowest BCUT2D eigenvalue weighted by Crippen LogP contribution is -2.20. The molecule has 1 aliphatic rings. The zero-order valence-electron chi connectivity index (χ0n) is 9.64. The maximum Gasteiger partial charge on any atom is 0.0702 e. The number of rotatable bonds is 2. The summed E-state index contributed by atoms with van der Waals surface area (Å²) in [4.78, 5) is 6.74. The summed E-state index contributed by atoms with van der Waals surface area (Å²) in [6.45, 7) is 3.11. The molecule has 0 amide bonds. The molecule has 0 spiro atoms. The van der Waals surface area contributed by atoms with Gasteiger partial charge in [0.2, 0.25) is 0 Å². The smallest absolute Gasteiger partial charge is 0.0702 e. The molecule has 0 N–H and O–H groups in total. The Morgan fingerprint density at radius 3 is 3.12 bits per heavy atom. The van der Waals surface area contributed by atoms with Crippen molar-refractivity contribution in [3.63, 3.8) is 0 Å². The first kappa shape index (κ1) is 11.0. The Hall–Kier alpha value is -1.12. The number of fused-ring (bicyclic) bond motifs is 1. The minimum Gasteiger partial charge on any atom is -0.298 e. The van der Waals surface area contributed by atoms with Crippen molar-refractivity contribution in [1.82, 2.24) is 9.88 Å². The fourth-order valence-corrected chi connectivity index (χ4v) is 2.70. The molecule has 88 valence electrons. The number of nitrogens with zero attached hydrogens (tertiary/aromatic N) is 2. The molecule has 0 radical (unpaired) electrons. The van der Waals surface area contributed by atoms with E-state index in [1.54, 1.807) is 0 Å². The van der Waals surface area contributed by atoms with Gasteiger partial charge in [0.1, 0.15) is 0 Å². The molecular weight excluding hydrogens is 232 g/mol. The highest BCUT2D eigenvalue weighted by Gasteiger charge is 2.19. The van der Waals surface area contributed by atoms with Crippen LogP contribution in [-0.2, 0) is 6.54 Å². The molecular formula is C14H15ClN2. The third kappa shape index (κ3) is 2.43. The van der Waals surface area contributed by atoms with E-state index in [4.69, 9.17) is 11.6 Å². The molecule has 1 aromatic heterocycles. The number of benzene rings is 1. The Labute approximate surface area is 106 Å². The first-order valence-electron chi connectivity index (χ1n) is 6.01. The van der Waals surface area contributed by atoms with Gasteiger partial charge in [-0.25, -0.2) is 0 Å². The van der Waals surface area contributed by atoms with Crippen LogP contribution < -0.4 is 0 Å². The van der Waals surface area contributed by atoms with E-state index in [1.165, 1.54) is 10.9 Å². The molecule has 0 saturated carbocycles. The van der Waals surface area contributed by atoms with Crippen molar-refractivity contribution in [1.29, 1.82) is 0 Å². The molecule has 2 nitrogen and oxygen atoms in total. The average Bonchev–Trinajstić information content (AvgIpc) is 2.75. The Morgan fingerprint density at radius 2 is 2.29 bits per heavy atom. The quantitative estimate of drug-likeness (QED) is 0.758. The van der Waals surface area contributed by atoms with Gasteiger partial charge in [0.25, 0.3) is 0 Å². The fourth-order valence-electron chi connectivity index (χ4n) is 2.41.